The van der Waals surface area contributed by atoms with E-state index in [-0.39, 0.29) is 0 Å². The van der Waals surface area contributed by atoms with Crippen molar-refractivity contribution in [1.82, 2.24) is 0 Å². The fourth-order valence-electron chi connectivity index (χ4n) is 2.15. The molecule has 0 saturated carbocycles. The third-order valence-corrected chi connectivity index (χ3v) is 3.40. The van der Waals surface area contributed by atoms with Gasteiger partial charge in [0.25, 0.3) is 0 Å². The highest BCUT2D eigenvalue weighted by molar-refractivity contribution is 5.28. The molecule has 0 aliphatic heterocycles. The molecule has 0 spiro atoms. The summed E-state index contributed by atoms with van der Waals surface area (Å²) in [5.74, 6) is 0. The molecule has 0 aromatic heterocycles. The summed E-state index contributed by atoms with van der Waals surface area (Å²) < 4.78 is 0. The summed E-state index contributed by atoms with van der Waals surface area (Å²) >= 11 is 0. The largest absolute Gasteiger partial charge is 0.381 e. The Kier molecular flexibility index (Phi) is 4.53. The van der Waals surface area contributed by atoms with Gasteiger partial charge in [-0.1, -0.05) is 79.7 Å². The average Bonchev–Trinajstić information content (AvgIpc) is 2.49. The van der Waals surface area contributed by atoms with Crippen LogP contribution in [0.2, 0.25) is 0 Å². The van der Waals surface area contributed by atoms with Gasteiger partial charge in [0.05, 0.1) is 0 Å². The van der Waals surface area contributed by atoms with Gasteiger partial charge < -0.3 is 5.11 Å². The van der Waals surface area contributed by atoms with Crippen LogP contribution in [0.3, 0.4) is 0 Å². The van der Waals surface area contributed by atoms with E-state index in [4.69, 9.17) is 0 Å². The molecule has 98 valence electrons. The van der Waals surface area contributed by atoms with E-state index < -0.39 is 5.60 Å². The van der Waals surface area contributed by atoms with Gasteiger partial charge in [-0.25, -0.2) is 0 Å². The van der Waals surface area contributed by atoms with Crippen molar-refractivity contribution < 1.29 is 5.11 Å². The summed E-state index contributed by atoms with van der Waals surface area (Å²) in [6, 6.07) is 20.1. The zero-order valence-corrected chi connectivity index (χ0v) is 11.3. The highest BCUT2D eigenvalue weighted by atomic mass is 16.3. The Hall–Kier alpha value is -1.86. The molecule has 0 heterocycles. The second-order valence-electron chi connectivity index (χ2n) is 4.74. The van der Waals surface area contributed by atoms with Crippen LogP contribution in [0.15, 0.2) is 72.8 Å². The molecule has 0 bridgehead atoms. The molecule has 2 aromatic rings. The number of benzene rings is 2. The van der Waals surface area contributed by atoms with Gasteiger partial charge in [0.2, 0.25) is 0 Å². The molecule has 1 N–H and O–H groups in total. The van der Waals surface area contributed by atoms with Crippen LogP contribution >= 0.6 is 0 Å². The summed E-state index contributed by atoms with van der Waals surface area (Å²) in [5.41, 5.74) is 1.34. The summed E-state index contributed by atoms with van der Waals surface area (Å²) in [6.45, 7) is 2.00. The molecule has 1 unspecified atom stereocenters. The minimum atomic E-state index is -0.865. The van der Waals surface area contributed by atoms with E-state index in [1.165, 1.54) is 5.56 Å². The fourth-order valence-corrected chi connectivity index (χ4v) is 2.15. The zero-order valence-electron chi connectivity index (χ0n) is 11.3. The van der Waals surface area contributed by atoms with Crippen molar-refractivity contribution in [2.75, 3.05) is 0 Å². The van der Waals surface area contributed by atoms with Gasteiger partial charge in [-0.15, -0.1) is 0 Å². The van der Waals surface area contributed by atoms with Crippen molar-refractivity contribution in [3.05, 3.63) is 83.9 Å². The first-order valence-corrected chi connectivity index (χ1v) is 6.74. The highest BCUT2D eigenvalue weighted by Crippen LogP contribution is 2.26. The predicted octanol–water partition coefficient (Wildman–Crippen LogP) is 4.08. The van der Waals surface area contributed by atoms with Gasteiger partial charge in [-0.3, -0.25) is 0 Å². The Labute approximate surface area is 115 Å². The van der Waals surface area contributed by atoms with Crippen molar-refractivity contribution in [1.29, 1.82) is 0 Å². The first-order chi connectivity index (χ1) is 9.24. The second-order valence-corrected chi connectivity index (χ2v) is 4.74. The van der Waals surface area contributed by atoms with Gasteiger partial charge in [0, 0.05) is 0 Å². The first kappa shape index (κ1) is 13.6. The van der Waals surface area contributed by atoms with Crippen molar-refractivity contribution in [3.8, 4) is 0 Å². The molecule has 0 amide bonds. The molecular formula is C18H20O. The Balaban J connectivity index is 2.11. The maximum atomic E-state index is 10.7. The molecule has 1 heteroatoms. The average molecular weight is 252 g/mol. The molecule has 1 atom stereocenters. The van der Waals surface area contributed by atoms with E-state index in [0.717, 1.165) is 12.0 Å². The van der Waals surface area contributed by atoms with Crippen LogP contribution in [0.5, 0.6) is 0 Å². The molecule has 19 heavy (non-hydrogen) atoms. The third-order valence-electron chi connectivity index (χ3n) is 3.40. The standard InChI is InChI=1S/C18H20O/c1-2-18(19,17-13-7-4-8-14-17)15-9-12-16-10-5-3-6-11-16/h3-11,13-15,19H,2,12H2,1H3/b15-9-. The molecule has 0 radical (unpaired) electrons. The van der Waals surface area contributed by atoms with Gasteiger partial charge in [0.1, 0.15) is 5.60 Å². The Morgan fingerprint density at radius 2 is 1.53 bits per heavy atom. The SMILES string of the molecule is CCC(O)(/C=C\Cc1ccccc1)c1ccccc1. The number of hydrogen-bond donors (Lipinski definition) is 1. The monoisotopic (exact) mass is 252 g/mol. The van der Waals surface area contributed by atoms with Crippen molar-refractivity contribution in [2.24, 2.45) is 0 Å². The van der Waals surface area contributed by atoms with E-state index >= 15 is 0 Å². The van der Waals surface area contributed by atoms with Crippen molar-refractivity contribution in [2.45, 2.75) is 25.4 Å². The lowest BCUT2D eigenvalue weighted by Gasteiger charge is -2.23. The number of rotatable bonds is 5. The van der Waals surface area contributed by atoms with Crippen LogP contribution in [-0.4, -0.2) is 5.11 Å². The number of aliphatic hydroxyl groups is 1. The van der Waals surface area contributed by atoms with E-state index in [0.29, 0.717) is 6.42 Å². The third kappa shape index (κ3) is 3.55. The van der Waals surface area contributed by atoms with Gasteiger partial charge in [0.15, 0.2) is 0 Å². The summed E-state index contributed by atoms with van der Waals surface area (Å²) in [6.07, 6.45) is 5.47. The van der Waals surface area contributed by atoms with Crippen LogP contribution in [0, 0.1) is 0 Å². The lowest BCUT2D eigenvalue weighted by Crippen LogP contribution is -2.21. The van der Waals surface area contributed by atoms with Crippen LogP contribution in [0.4, 0.5) is 0 Å². The summed E-state index contributed by atoms with van der Waals surface area (Å²) in [4.78, 5) is 0. The minimum absolute atomic E-state index is 0.669. The molecule has 0 saturated heterocycles. The normalized spacial score (nSPS) is 14.4. The zero-order chi connectivity index (χ0) is 13.6. The second kappa shape index (κ2) is 6.35. The molecule has 2 rings (SSSR count). The highest BCUT2D eigenvalue weighted by Gasteiger charge is 2.22. The minimum Gasteiger partial charge on any atom is -0.381 e. The van der Waals surface area contributed by atoms with Crippen molar-refractivity contribution in [3.63, 3.8) is 0 Å². The van der Waals surface area contributed by atoms with Gasteiger partial charge >= 0.3 is 0 Å². The number of hydrogen-bond acceptors (Lipinski definition) is 1. The summed E-state index contributed by atoms with van der Waals surface area (Å²) in [5, 5.41) is 10.7. The maximum absolute atomic E-state index is 10.7. The molecule has 1 nitrogen and oxygen atoms in total. The Morgan fingerprint density at radius 3 is 2.11 bits per heavy atom. The smallest absolute Gasteiger partial charge is 0.107 e. The van der Waals surface area contributed by atoms with Crippen LogP contribution in [0.25, 0.3) is 0 Å². The lowest BCUT2D eigenvalue weighted by molar-refractivity contribution is 0.0849. The van der Waals surface area contributed by atoms with Crippen molar-refractivity contribution >= 4 is 0 Å². The molecule has 0 fully saturated rings. The van der Waals surface area contributed by atoms with Crippen LogP contribution in [-0.2, 0) is 12.0 Å². The number of allylic oxidation sites excluding steroid dienone is 1. The summed E-state index contributed by atoms with van der Waals surface area (Å²) in [7, 11) is 0. The Morgan fingerprint density at radius 1 is 0.947 bits per heavy atom. The van der Waals surface area contributed by atoms with E-state index in [9.17, 15) is 5.11 Å². The quantitative estimate of drug-likeness (QED) is 0.795. The maximum Gasteiger partial charge on any atom is 0.107 e. The van der Waals surface area contributed by atoms with Gasteiger partial charge in [-0.2, -0.15) is 0 Å². The van der Waals surface area contributed by atoms with E-state index in [1.54, 1.807) is 0 Å². The molecular weight excluding hydrogens is 232 g/mol. The topological polar surface area (TPSA) is 20.2 Å². The van der Waals surface area contributed by atoms with Gasteiger partial charge in [-0.05, 0) is 24.0 Å². The van der Waals surface area contributed by atoms with Crippen LogP contribution in [0.1, 0.15) is 24.5 Å². The van der Waals surface area contributed by atoms with E-state index in [1.807, 2.05) is 67.6 Å². The molecule has 0 aliphatic rings. The predicted molar refractivity (Wildman–Crippen MR) is 79.9 cm³/mol. The Bertz CT molecular complexity index is 516. The van der Waals surface area contributed by atoms with E-state index in [2.05, 4.69) is 12.1 Å². The molecule has 2 aromatic carbocycles. The van der Waals surface area contributed by atoms with Crippen LogP contribution < -0.4 is 0 Å². The lowest BCUT2D eigenvalue weighted by atomic mass is 9.90. The fraction of sp³-hybridized carbons (Fsp3) is 0.222. The molecule has 0 aliphatic carbocycles. The first-order valence-electron chi connectivity index (χ1n) is 6.74.